The SMILES string of the molecule is COc1cccc(N2CC(C(=O)NCC3(Sc4ccccc4)CCOCC3)CC2=O)c1. The number of benzene rings is 2. The van der Waals surface area contributed by atoms with E-state index in [2.05, 4.69) is 17.4 Å². The van der Waals surface area contributed by atoms with E-state index in [9.17, 15) is 9.59 Å². The summed E-state index contributed by atoms with van der Waals surface area (Å²) in [5.41, 5.74) is 0.764. The topological polar surface area (TPSA) is 67.9 Å². The third-order valence-electron chi connectivity index (χ3n) is 5.93. The molecule has 2 fully saturated rings. The predicted octanol–water partition coefficient (Wildman–Crippen LogP) is 3.51. The van der Waals surface area contributed by atoms with E-state index >= 15 is 0 Å². The van der Waals surface area contributed by atoms with Crippen molar-refractivity contribution in [3.05, 3.63) is 54.6 Å². The van der Waals surface area contributed by atoms with Crippen molar-refractivity contribution in [2.24, 2.45) is 5.92 Å². The lowest BCUT2D eigenvalue weighted by Crippen LogP contribution is -2.46. The third kappa shape index (κ3) is 5.22. The van der Waals surface area contributed by atoms with E-state index < -0.39 is 0 Å². The quantitative estimate of drug-likeness (QED) is 0.714. The van der Waals surface area contributed by atoms with Gasteiger partial charge in [0.05, 0.1) is 13.0 Å². The molecule has 164 valence electrons. The van der Waals surface area contributed by atoms with Crippen molar-refractivity contribution in [2.45, 2.75) is 28.9 Å². The van der Waals surface area contributed by atoms with Crippen LogP contribution in [0.4, 0.5) is 5.69 Å². The Morgan fingerprint density at radius 1 is 1.19 bits per heavy atom. The zero-order valence-electron chi connectivity index (χ0n) is 17.7. The molecule has 2 amide bonds. The summed E-state index contributed by atoms with van der Waals surface area (Å²) in [6, 6.07) is 17.7. The molecular weight excluding hydrogens is 412 g/mol. The molecule has 1 N–H and O–H groups in total. The molecule has 0 aliphatic carbocycles. The summed E-state index contributed by atoms with van der Waals surface area (Å²) in [7, 11) is 1.60. The molecule has 1 unspecified atom stereocenters. The Kier molecular flexibility index (Phi) is 6.83. The fourth-order valence-electron chi connectivity index (χ4n) is 4.10. The van der Waals surface area contributed by atoms with Crippen molar-refractivity contribution in [1.82, 2.24) is 5.32 Å². The van der Waals surface area contributed by atoms with Crippen LogP contribution in [-0.4, -0.2) is 50.0 Å². The molecule has 7 heteroatoms. The molecule has 0 bridgehead atoms. The van der Waals surface area contributed by atoms with Crippen LogP contribution in [0.1, 0.15) is 19.3 Å². The van der Waals surface area contributed by atoms with Gasteiger partial charge in [-0.3, -0.25) is 9.59 Å². The molecule has 4 rings (SSSR count). The monoisotopic (exact) mass is 440 g/mol. The van der Waals surface area contributed by atoms with Crippen LogP contribution in [0, 0.1) is 5.92 Å². The van der Waals surface area contributed by atoms with Crippen molar-refractivity contribution in [3.63, 3.8) is 0 Å². The molecule has 2 heterocycles. The number of hydrogen-bond donors (Lipinski definition) is 1. The van der Waals surface area contributed by atoms with E-state index in [1.54, 1.807) is 12.0 Å². The lowest BCUT2D eigenvalue weighted by Gasteiger charge is -2.37. The van der Waals surface area contributed by atoms with Crippen LogP contribution in [0.2, 0.25) is 0 Å². The van der Waals surface area contributed by atoms with Crippen LogP contribution in [0.3, 0.4) is 0 Å². The highest BCUT2D eigenvalue weighted by Gasteiger charge is 2.38. The summed E-state index contributed by atoms with van der Waals surface area (Å²) >= 11 is 1.81. The van der Waals surface area contributed by atoms with E-state index in [0.29, 0.717) is 32.1 Å². The number of hydrogen-bond acceptors (Lipinski definition) is 5. The first-order valence-electron chi connectivity index (χ1n) is 10.6. The van der Waals surface area contributed by atoms with E-state index in [0.717, 1.165) is 18.5 Å². The predicted molar refractivity (Wildman–Crippen MR) is 122 cm³/mol. The first-order valence-corrected chi connectivity index (χ1v) is 11.4. The lowest BCUT2D eigenvalue weighted by molar-refractivity contribution is -0.126. The minimum absolute atomic E-state index is 0.0344. The first kappa shape index (κ1) is 21.7. The average molecular weight is 441 g/mol. The molecule has 0 spiro atoms. The Balaban J connectivity index is 1.39. The molecule has 0 saturated carbocycles. The molecule has 2 saturated heterocycles. The second kappa shape index (κ2) is 9.75. The van der Waals surface area contributed by atoms with Gasteiger partial charge in [0.1, 0.15) is 5.75 Å². The van der Waals surface area contributed by atoms with Gasteiger partial charge in [-0.1, -0.05) is 24.3 Å². The summed E-state index contributed by atoms with van der Waals surface area (Å²) in [6.07, 6.45) is 1.99. The number of thioether (sulfide) groups is 1. The van der Waals surface area contributed by atoms with E-state index in [4.69, 9.17) is 9.47 Å². The lowest BCUT2D eigenvalue weighted by atomic mass is 9.98. The van der Waals surface area contributed by atoms with Crippen LogP contribution >= 0.6 is 11.8 Å². The summed E-state index contributed by atoms with van der Waals surface area (Å²) in [6.45, 7) is 2.35. The van der Waals surface area contributed by atoms with Crippen LogP contribution in [0.15, 0.2) is 59.5 Å². The van der Waals surface area contributed by atoms with Crippen molar-refractivity contribution in [3.8, 4) is 5.75 Å². The fraction of sp³-hybridized carbons (Fsp3) is 0.417. The van der Waals surface area contributed by atoms with Crippen LogP contribution in [0.25, 0.3) is 0 Å². The normalized spacial score (nSPS) is 20.5. The maximum atomic E-state index is 13.0. The van der Waals surface area contributed by atoms with Gasteiger partial charge in [-0.15, -0.1) is 11.8 Å². The number of carbonyl (C=O) groups excluding carboxylic acids is 2. The number of methoxy groups -OCH3 is 1. The number of carbonyl (C=O) groups is 2. The number of anilines is 1. The van der Waals surface area contributed by atoms with Gasteiger partial charge in [0, 0.05) is 54.1 Å². The zero-order chi connectivity index (χ0) is 21.7. The number of ether oxygens (including phenoxy) is 2. The van der Waals surface area contributed by atoms with Crippen molar-refractivity contribution < 1.29 is 19.1 Å². The number of rotatable bonds is 7. The summed E-state index contributed by atoms with van der Waals surface area (Å²) < 4.78 is 10.7. The maximum absolute atomic E-state index is 13.0. The molecule has 1 atom stereocenters. The Hall–Kier alpha value is -2.51. The second-order valence-electron chi connectivity index (χ2n) is 8.04. The highest BCUT2D eigenvalue weighted by molar-refractivity contribution is 8.00. The standard InChI is InChI=1S/C24H28N2O4S/c1-29-20-7-5-6-19(15-20)26-16-18(14-22(26)27)23(28)25-17-24(10-12-30-13-11-24)31-21-8-3-2-4-9-21/h2-9,15,18H,10-14,16-17H2,1H3,(H,25,28). The van der Waals surface area contributed by atoms with Gasteiger partial charge in [0.2, 0.25) is 11.8 Å². The molecule has 31 heavy (non-hydrogen) atoms. The Bertz CT molecular complexity index is 915. The summed E-state index contributed by atoms with van der Waals surface area (Å²) in [5.74, 6) is 0.251. The highest BCUT2D eigenvalue weighted by atomic mass is 32.2. The Labute approximate surface area is 187 Å². The van der Waals surface area contributed by atoms with E-state index in [1.165, 1.54) is 4.90 Å². The van der Waals surface area contributed by atoms with E-state index in [1.807, 2.05) is 54.2 Å². The number of amides is 2. The van der Waals surface area contributed by atoms with Gasteiger partial charge in [0.25, 0.3) is 0 Å². The smallest absolute Gasteiger partial charge is 0.227 e. The van der Waals surface area contributed by atoms with Gasteiger partial charge in [-0.25, -0.2) is 0 Å². The maximum Gasteiger partial charge on any atom is 0.227 e. The zero-order valence-corrected chi connectivity index (χ0v) is 18.5. The first-order chi connectivity index (χ1) is 15.1. The van der Waals surface area contributed by atoms with Gasteiger partial charge in [0.15, 0.2) is 0 Å². The Morgan fingerprint density at radius 3 is 2.71 bits per heavy atom. The summed E-state index contributed by atoms with van der Waals surface area (Å²) in [5, 5.41) is 3.15. The van der Waals surface area contributed by atoms with Gasteiger partial charge >= 0.3 is 0 Å². The second-order valence-corrected chi connectivity index (χ2v) is 9.58. The third-order valence-corrected chi connectivity index (χ3v) is 7.42. The molecule has 0 radical (unpaired) electrons. The van der Waals surface area contributed by atoms with Gasteiger partial charge in [-0.05, 0) is 37.1 Å². The molecule has 2 aliphatic heterocycles. The highest BCUT2D eigenvalue weighted by Crippen LogP contribution is 2.40. The molecule has 2 aliphatic rings. The van der Waals surface area contributed by atoms with Crippen LogP contribution in [-0.2, 0) is 14.3 Å². The number of nitrogens with zero attached hydrogens (tertiary/aromatic N) is 1. The van der Waals surface area contributed by atoms with Gasteiger partial charge in [-0.2, -0.15) is 0 Å². The van der Waals surface area contributed by atoms with Crippen LogP contribution in [0.5, 0.6) is 5.75 Å². The molecule has 0 aromatic heterocycles. The average Bonchev–Trinajstić information content (AvgIpc) is 3.20. The number of nitrogens with one attached hydrogen (secondary N) is 1. The largest absolute Gasteiger partial charge is 0.497 e. The van der Waals surface area contributed by atoms with Crippen LogP contribution < -0.4 is 15.0 Å². The minimum Gasteiger partial charge on any atom is -0.497 e. The molecule has 2 aromatic rings. The Morgan fingerprint density at radius 2 is 1.97 bits per heavy atom. The van der Waals surface area contributed by atoms with Crippen molar-refractivity contribution in [2.75, 3.05) is 38.3 Å². The molecular formula is C24H28N2O4S. The fourth-order valence-corrected chi connectivity index (χ4v) is 5.41. The van der Waals surface area contributed by atoms with E-state index in [-0.39, 0.29) is 28.9 Å². The van der Waals surface area contributed by atoms with Gasteiger partial charge < -0.3 is 19.7 Å². The van der Waals surface area contributed by atoms with Crippen molar-refractivity contribution in [1.29, 1.82) is 0 Å². The molecule has 2 aromatic carbocycles. The molecule has 6 nitrogen and oxygen atoms in total. The van der Waals surface area contributed by atoms with Crippen molar-refractivity contribution >= 4 is 29.3 Å². The summed E-state index contributed by atoms with van der Waals surface area (Å²) in [4.78, 5) is 28.4. The minimum atomic E-state index is -0.350.